The van der Waals surface area contributed by atoms with Crippen molar-refractivity contribution in [2.45, 2.75) is 24.8 Å². The van der Waals surface area contributed by atoms with Crippen LogP contribution in [0.15, 0.2) is 24.3 Å². The molecule has 0 bridgehead atoms. The molecule has 2 heteroatoms. The summed E-state index contributed by atoms with van der Waals surface area (Å²) in [6.07, 6.45) is 2.05. The summed E-state index contributed by atoms with van der Waals surface area (Å²) in [6, 6.07) is 10.9. The molecule has 2 nitrogen and oxygen atoms in total. The molecule has 0 unspecified atom stereocenters. The predicted molar refractivity (Wildman–Crippen MR) is 60.4 cm³/mol. The lowest BCUT2D eigenvalue weighted by Crippen LogP contribution is -2.11. The number of rotatable bonds is 3. The van der Waals surface area contributed by atoms with E-state index in [4.69, 9.17) is 5.26 Å². The Morgan fingerprint density at radius 3 is 2.67 bits per heavy atom. The maximum Gasteiger partial charge on any atom is 0.0823 e. The Morgan fingerprint density at radius 2 is 2.13 bits per heavy atom. The second kappa shape index (κ2) is 3.67. The van der Waals surface area contributed by atoms with E-state index < -0.39 is 0 Å². The van der Waals surface area contributed by atoms with Crippen LogP contribution in [-0.2, 0) is 12.0 Å². The quantitative estimate of drug-likeness (QED) is 0.748. The Kier molecular flexibility index (Phi) is 2.50. The van der Waals surface area contributed by atoms with Crippen molar-refractivity contribution in [2.24, 2.45) is 0 Å². The van der Waals surface area contributed by atoms with Crippen LogP contribution in [0.2, 0.25) is 0 Å². The summed E-state index contributed by atoms with van der Waals surface area (Å²) in [4.78, 5) is 2.14. The van der Waals surface area contributed by atoms with Gasteiger partial charge in [0.1, 0.15) is 0 Å². The van der Waals surface area contributed by atoms with Crippen molar-refractivity contribution in [1.29, 1.82) is 5.26 Å². The van der Waals surface area contributed by atoms with E-state index in [-0.39, 0.29) is 5.41 Å². The van der Waals surface area contributed by atoms with Crippen LogP contribution in [0.3, 0.4) is 0 Å². The lowest BCUT2D eigenvalue weighted by atomic mass is 9.96. The fourth-order valence-corrected chi connectivity index (χ4v) is 1.92. The van der Waals surface area contributed by atoms with E-state index in [2.05, 4.69) is 49.3 Å². The highest BCUT2D eigenvalue weighted by atomic mass is 15.0. The van der Waals surface area contributed by atoms with Gasteiger partial charge >= 0.3 is 0 Å². The summed E-state index contributed by atoms with van der Waals surface area (Å²) in [5.74, 6) is 0. The lowest BCUT2D eigenvalue weighted by Gasteiger charge is -2.12. The molecule has 0 aromatic heterocycles. The van der Waals surface area contributed by atoms with Gasteiger partial charge in [0.2, 0.25) is 0 Å². The van der Waals surface area contributed by atoms with Crippen molar-refractivity contribution in [3.63, 3.8) is 0 Å². The van der Waals surface area contributed by atoms with Gasteiger partial charge in [-0.1, -0.05) is 24.3 Å². The molecule has 1 aromatic carbocycles. The minimum atomic E-state index is -0.150. The van der Waals surface area contributed by atoms with E-state index in [1.165, 1.54) is 11.1 Å². The molecular weight excluding hydrogens is 184 g/mol. The zero-order valence-electron chi connectivity index (χ0n) is 9.33. The van der Waals surface area contributed by atoms with E-state index in [1.54, 1.807) is 0 Å². The monoisotopic (exact) mass is 200 g/mol. The fraction of sp³-hybridized carbons (Fsp3) is 0.462. The van der Waals surface area contributed by atoms with Gasteiger partial charge in [0.05, 0.1) is 11.5 Å². The second-order valence-corrected chi connectivity index (χ2v) is 4.63. The third kappa shape index (κ3) is 2.03. The highest BCUT2D eigenvalue weighted by Gasteiger charge is 2.44. The predicted octanol–water partition coefficient (Wildman–Crippen LogP) is 2.30. The molecule has 0 spiro atoms. The molecule has 1 aromatic rings. The molecule has 0 amide bonds. The molecule has 0 heterocycles. The average molecular weight is 200 g/mol. The summed E-state index contributed by atoms with van der Waals surface area (Å²) in [5, 5.41) is 9.12. The Labute approximate surface area is 91.1 Å². The Hall–Kier alpha value is -1.33. The molecular formula is C13H16N2. The highest BCUT2D eigenvalue weighted by Crippen LogP contribution is 2.47. The fourth-order valence-electron chi connectivity index (χ4n) is 1.92. The van der Waals surface area contributed by atoms with Crippen LogP contribution in [0.4, 0.5) is 0 Å². The van der Waals surface area contributed by atoms with Crippen LogP contribution < -0.4 is 0 Å². The second-order valence-electron chi connectivity index (χ2n) is 4.63. The van der Waals surface area contributed by atoms with Gasteiger partial charge < -0.3 is 4.90 Å². The van der Waals surface area contributed by atoms with Crippen molar-refractivity contribution < 1.29 is 0 Å². The first-order valence-electron chi connectivity index (χ1n) is 5.32. The molecule has 78 valence electrons. The molecule has 1 aliphatic rings. The van der Waals surface area contributed by atoms with Gasteiger partial charge in [-0.25, -0.2) is 0 Å². The van der Waals surface area contributed by atoms with E-state index in [9.17, 15) is 0 Å². The number of nitrogens with zero attached hydrogens (tertiary/aromatic N) is 2. The molecule has 2 rings (SSSR count). The number of hydrogen-bond donors (Lipinski definition) is 0. The minimum Gasteiger partial charge on any atom is -0.305 e. The minimum absolute atomic E-state index is 0.150. The van der Waals surface area contributed by atoms with Gasteiger partial charge in [-0.15, -0.1) is 0 Å². The van der Waals surface area contributed by atoms with Gasteiger partial charge in [-0.05, 0) is 38.1 Å². The first-order chi connectivity index (χ1) is 7.16. The van der Waals surface area contributed by atoms with Crippen LogP contribution in [0.5, 0.6) is 0 Å². The van der Waals surface area contributed by atoms with Crippen LogP contribution in [-0.4, -0.2) is 19.0 Å². The first kappa shape index (κ1) is 10.2. The number of nitriles is 1. The van der Waals surface area contributed by atoms with Crippen molar-refractivity contribution in [1.82, 2.24) is 4.90 Å². The van der Waals surface area contributed by atoms with Crippen LogP contribution in [0, 0.1) is 11.3 Å². The molecule has 0 radical (unpaired) electrons. The Balaban J connectivity index is 2.24. The zero-order chi connectivity index (χ0) is 10.9. The standard InChI is InChI=1S/C13H16N2/c1-15(2)9-11-4-3-5-12(8-11)13(10-14)6-7-13/h3-5,8H,6-7,9H2,1-2H3. The Bertz CT molecular complexity index is 397. The van der Waals surface area contributed by atoms with E-state index >= 15 is 0 Å². The Morgan fingerprint density at radius 1 is 1.40 bits per heavy atom. The summed E-state index contributed by atoms with van der Waals surface area (Å²) in [5.41, 5.74) is 2.34. The smallest absolute Gasteiger partial charge is 0.0823 e. The average Bonchev–Trinajstić information content (AvgIpc) is 2.97. The topological polar surface area (TPSA) is 27.0 Å². The molecule has 0 aliphatic heterocycles. The summed E-state index contributed by atoms with van der Waals surface area (Å²) in [6.45, 7) is 0.940. The maximum atomic E-state index is 9.12. The van der Waals surface area contributed by atoms with Gasteiger partial charge in [-0.3, -0.25) is 0 Å². The number of benzene rings is 1. The third-order valence-electron chi connectivity index (χ3n) is 2.94. The highest BCUT2D eigenvalue weighted by molar-refractivity contribution is 5.40. The summed E-state index contributed by atoms with van der Waals surface area (Å²) >= 11 is 0. The van der Waals surface area contributed by atoms with Gasteiger partial charge in [-0.2, -0.15) is 5.26 Å². The van der Waals surface area contributed by atoms with Crippen molar-refractivity contribution in [2.75, 3.05) is 14.1 Å². The molecule has 0 N–H and O–H groups in total. The SMILES string of the molecule is CN(C)Cc1cccc(C2(C#N)CC2)c1. The molecule has 1 aliphatic carbocycles. The van der Waals surface area contributed by atoms with Crippen LogP contribution in [0.1, 0.15) is 24.0 Å². The molecule has 15 heavy (non-hydrogen) atoms. The van der Waals surface area contributed by atoms with Crippen molar-refractivity contribution in [3.05, 3.63) is 35.4 Å². The maximum absolute atomic E-state index is 9.12. The van der Waals surface area contributed by atoms with E-state index in [0.29, 0.717) is 0 Å². The van der Waals surface area contributed by atoms with Crippen LogP contribution in [0.25, 0.3) is 0 Å². The van der Waals surface area contributed by atoms with Crippen LogP contribution >= 0.6 is 0 Å². The summed E-state index contributed by atoms with van der Waals surface area (Å²) in [7, 11) is 4.12. The molecule has 1 saturated carbocycles. The molecule has 0 saturated heterocycles. The third-order valence-corrected chi connectivity index (χ3v) is 2.94. The van der Waals surface area contributed by atoms with E-state index in [1.807, 2.05) is 0 Å². The van der Waals surface area contributed by atoms with Gasteiger partial charge in [0.25, 0.3) is 0 Å². The molecule has 1 fully saturated rings. The van der Waals surface area contributed by atoms with Crippen molar-refractivity contribution >= 4 is 0 Å². The molecule has 0 atom stereocenters. The van der Waals surface area contributed by atoms with Gasteiger partial charge in [0, 0.05) is 6.54 Å². The number of hydrogen-bond acceptors (Lipinski definition) is 2. The lowest BCUT2D eigenvalue weighted by molar-refractivity contribution is 0.402. The largest absolute Gasteiger partial charge is 0.305 e. The van der Waals surface area contributed by atoms with E-state index in [0.717, 1.165) is 19.4 Å². The van der Waals surface area contributed by atoms with Gasteiger partial charge in [0.15, 0.2) is 0 Å². The normalized spacial score (nSPS) is 17.5. The van der Waals surface area contributed by atoms with Crippen molar-refractivity contribution in [3.8, 4) is 6.07 Å². The first-order valence-corrected chi connectivity index (χ1v) is 5.32. The summed E-state index contributed by atoms with van der Waals surface area (Å²) < 4.78 is 0. The zero-order valence-corrected chi connectivity index (χ0v) is 9.33.